The lowest BCUT2D eigenvalue weighted by molar-refractivity contribution is -0.114. The Labute approximate surface area is 102 Å². The molecule has 17 heavy (non-hydrogen) atoms. The Kier molecular flexibility index (Phi) is 6.22. The molecular formula is C14H19NO2. The number of hydrogen-bond donors (Lipinski definition) is 2. The summed E-state index contributed by atoms with van der Waals surface area (Å²) in [7, 11) is 0. The molecule has 0 heterocycles. The molecule has 0 radical (unpaired) electrons. The van der Waals surface area contributed by atoms with Crippen molar-refractivity contribution in [3.8, 4) is 0 Å². The fraction of sp³-hybridized carbons (Fsp3) is 0.357. The third-order valence-corrected chi connectivity index (χ3v) is 2.43. The van der Waals surface area contributed by atoms with Crippen LogP contribution in [-0.4, -0.2) is 17.1 Å². The lowest BCUT2D eigenvalue weighted by atomic mass is 10.1. The van der Waals surface area contributed by atoms with E-state index in [-0.39, 0.29) is 5.78 Å². The third kappa shape index (κ3) is 6.66. The van der Waals surface area contributed by atoms with Crippen molar-refractivity contribution in [1.29, 1.82) is 0 Å². The van der Waals surface area contributed by atoms with E-state index in [0.29, 0.717) is 12.8 Å². The summed E-state index contributed by atoms with van der Waals surface area (Å²) in [5.74, 6) is 0.111. The molecule has 0 aliphatic rings. The zero-order chi connectivity index (χ0) is 12.5. The van der Waals surface area contributed by atoms with E-state index in [1.54, 1.807) is 6.08 Å². The van der Waals surface area contributed by atoms with Crippen LogP contribution >= 0.6 is 0 Å². The number of ketones is 1. The lowest BCUT2D eigenvalue weighted by Crippen LogP contribution is -2.17. The van der Waals surface area contributed by atoms with E-state index in [1.165, 1.54) is 0 Å². The van der Waals surface area contributed by atoms with E-state index in [2.05, 4.69) is 0 Å². The molecule has 3 heteroatoms. The Bertz CT molecular complexity index is 358. The fourth-order valence-corrected chi connectivity index (χ4v) is 1.49. The predicted octanol–water partition coefficient (Wildman–Crippen LogP) is 2.11. The maximum absolute atomic E-state index is 11.5. The molecule has 0 bridgehead atoms. The van der Waals surface area contributed by atoms with Crippen LogP contribution in [0, 0.1) is 0 Å². The molecule has 3 nitrogen and oxygen atoms in total. The van der Waals surface area contributed by atoms with Crippen LogP contribution in [0.3, 0.4) is 0 Å². The lowest BCUT2D eigenvalue weighted by Gasteiger charge is -2.01. The van der Waals surface area contributed by atoms with Gasteiger partial charge in [-0.1, -0.05) is 36.4 Å². The van der Waals surface area contributed by atoms with E-state index in [0.717, 1.165) is 18.4 Å². The minimum atomic E-state index is -0.759. The normalized spacial score (nSPS) is 12.8. The molecule has 0 aliphatic carbocycles. The number of rotatable bonds is 7. The van der Waals surface area contributed by atoms with Gasteiger partial charge in [0.15, 0.2) is 5.78 Å². The second kappa shape index (κ2) is 7.76. The van der Waals surface area contributed by atoms with Gasteiger partial charge in [0, 0.05) is 6.42 Å². The Hall–Kier alpha value is -1.45. The zero-order valence-corrected chi connectivity index (χ0v) is 9.88. The number of aliphatic hydroxyl groups is 1. The van der Waals surface area contributed by atoms with Crippen molar-refractivity contribution in [3.63, 3.8) is 0 Å². The van der Waals surface area contributed by atoms with Crippen LogP contribution in [0.1, 0.15) is 31.2 Å². The SMILES string of the molecule is NC(O)CCCCC(=O)C=Cc1ccccc1. The van der Waals surface area contributed by atoms with Crippen LogP contribution in [0.25, 0.3) is 6.08 Å². The summed E-state index contributed by atoms with van der Waals surface area (Å²) in [6.45, 7) is 0. The average molecular weight is 233 g/mol. The molecule has 0 aromatic heterocycles. The van der Waals surface area contributed by atoms with Crippen molar-refractivity contribution in [2.75, 3.05) is 0 Å². The molecule has 1 atom stereocenters. The van der Waals surface area contributed by atoms with Gasteiger partial charge in [0.1, 0.15) is 6.23 Å². The first-order chi connectivity index (χ1) is 8.18. The van der Waals surface area contributed by atoms with E-state index in [1.807, 2.05) is 36.4 Å². The minimum absolute atomic E-state index is 0.111. The number of hydrogen-bond acceptors (Lipinski definition) is 3. The number of allylic oxidation sites excluding steroid dienone is 1. The standard InChI is InChI=1S/C14H19NO2/c15-14(17)9-5-4-8-13(16)11-10-12-6-2-1-3-7-12/h1-3,6-7,10-11,14,17H,4-5,8-9,15H2. The summed E-state index contributed by atoms with van der Waals surface area (Å²) in [6, 6.07) is 9.72. The Balaban J connectivity index is 2.23. The van der Waals surface area contributed by atoms with Gasteiger partial charge in [-0.25, -0.2) is 0 Å². The highest BCUT2D eigenvalue weighted by atomic mass is 16.3. The van der Waals surface area contributed by atoms with Crippen molar-refractivity contribution in [2.45, 2.75) is 31.9 Å². The molecule has 1 rings (SSSR count). The van der Waals surface area contributed by atoms with E-state index < -0.39 is 6.23 Å². The Morgan fingerprint density at radius 3 is 2.65 bits per heavy atom. The van der Waals surface area contributed by atoms with Gasteiger partial charge >= 0.3 is 0 Å². The summed E-state index contributed by atoms with van der Waals surface area (Å²) in [6.07, 6.45) is 5.28. The monoisotopic (exact) mass is 233 g/mol. The van der Waals surface area contributed by atoms with Gasteiger partial charge in [0.2, 0.25) is 0 Å². The molecule has 0 fully saturated rings. The van der Waals surface area contributed by atoms with Crippen molar-refractivity contribution in [2.24, 2.45) is 5.73 Å². The number of carbonyl (C=O) groups excluding carboxylic acids is 1. The predicted molar refractivity (Wildman–Crippen MR) is 69.1 cm³/mol. The summed E-state index contributed by atoms with van der Waals surface area (Å²) in [5, 5.41) is 8.85. The molecule has 1 unspecified atom stereocenters. The molecule has 0 saturated heterocycles. The van der Waals surface area contributed by atoms with Gasteiger partial charge in [0.25, 0.3) is 0 Å². The number of carbonyl (C=O) groups is 1. The van der Waals surface area contributed by atoms with Crippen LogP contribution in [-0.2, 0) is 4.79 Å². The maximum Gasteiger partial charge on any atom is 0.155 e. The van der Waals surface area contributed by atoms with Crippen LogP contribution in [0.5, 0.6) is 0 Å². The largest absolute Gasteiger partial charge is 0.379 e. The van der Waals surface area contributed by atoms with Gasteiger partial charge in [-0.05, 0) is 30.9 Å². The summed E-state index contributed by atoms with van der Waals surface area (Å²) in [5.41, 5.74) is 6.23. The quantitative estimate of drug-likeness (QED) is 0.430. The van der Waals surface area contributed by atoms with Crippen molar-refractivity contribution in [3.05, 3.63) is 42.0 Å². The number of nitrogens with two attached hydrogens (primary N) is 1. The van der Waals surface area contributed by atoms with E-state index >= 15 is 0 Å². The molecule has 3 N–H and O–H groups in total. The second-order valence-electron chi connectivity index (χ2n) is 4.02. The summed E-state index contributed by atoms with van der Waals surface area (Å²) < 4.78 is 0. The van der Waals surface area contributed by atoms with Crippen molar-refractivity contribution >= 4 is 11.9 Å². The Morgan fingerprint density at radius 1 is 1.29 bits per heavy atom. The molecule has 92 valence electrons. The first kappa shape index (κ1) is 13.6. The first-order valence-corrected chi connectivity index (χ1v) is 5.88. The molecule has 1 aromatic rings. The molecule has 0 saturated carbocycles. The third-order valence-electron chi connectivity index (χ3n) is 2.43. The van der Waals surface area contributed by atoms with Gasteiger partial charge in [0.05, 0.1) is 0 Å². The second-order valence-corrected chi connectivity index (χ2v) is 4.02. The minimum Gasteiger partial charge on any atom is -0.379 e. The summed E-state index contributed by atoms with van der Waals surface area (Å²) >= 11 is 0. The molecule has 1 aromatic carbocycles. The molecule has 0 spiro atoms. The first-order valence-electron chi connectivity index (χ1n) is 5.88. The number of benzene rings is 1. The highest BCUT2D eigenvalue weighted by molar-refractivity contribution is 5.93. The van der Waals surface area contributed by atoms with Gasteiger partial charge < -0.3 is 10.8 Å². The maximum atomic E-state index is 11.5. The highest BCUT2D eigenvalue weighted by Crippen LogP contribution is 2.05. The number of aliphatic hydroxyl groups excluding tert-OH is 1. The smallest absolute Gasteiger partial charge is 0.155 e. The van der Waals surface area contributed by atoms with Crippen molar-refractivity contribution in [1.82, 2.24) is 0 Å². The van der Waals surface area contributed by atoms with Gasteiger partial charge in [-0.15, -0.1) is 0 Å². The van der Waals surface area contributed by atoms with Crippen LogP contribution < -0.4 is 5.73 Å². The fourth-order valence-electron chi connectivity index (χ4n) is 1.49. The molecule has 0 aliphatic heterocycles. The molecule has 0 amide bonds. The average Bonchev–Trinajstić information content (AvgIpc) is 2.33. The van der Waals surface area contributed by atoms with Gasteiger partial charge in [-0.3, -0.25) is 4.79 Å². The van der Waals surface area contributed by atoms with E-state index in [4.69, 9.17) is 10.8 Å². The topological polar surface area (TPSA) is 63.3 Å². The van der Waals surface area contributed by atoms with E-state index in [9.17, 15) is 4.79 Å². The Morgan fingerprint density at radius 2 is 2.00 bits per heavy atom. The van der Waals surface area contributed by atoms with Gasteiger partial charge in [-0.2, -0.15) is 0 Å². The van der Waals surface area contributed by atoms with Crippen LogP contribution in [0.4, 0.5) is 0 Å². The summed E-state index contributed by atoms with van der Waals surface area (Å²) in [4.78, 5) is 11.5. The number of unbranched alkanes of at least 4 members (excludes halogenated alkanes) is 1. The highest BCUT2D eigenvalue weighted by Gasteiger charge is 1.99. The molecular weight excluding hydrogens is 214 g/mol. The zero-order valence-electron chi connectivity index (χ0n) is 9.88. The van der Waals surface area contributed by atoms with Crippen molar-refractivity contribution < 1.29 is 9.90 Å². The van der Waals surface area contributed by atoms with Crippen LogP contribution in [0.15, 0.2) is 36.4 Å². The van der Waals surface area contributed by atoms with Crippen LogP contribution in [0.2, 0.25) is 0 Å².